The number of carbonyl (C=O) groups excluding carboxylic acids is 1. The van der Waals surface area contributed by atoms with Crippen molar-refractivity contribution < 1.29 is 4.79 Å². The number of hydrogen-bond donors (Lipinski definition) is 2. The van der Waals surface area contributed by atoms with E-state index in [1.165, 1.54) is 0 Å². The van der Waals surface area contributed by atoms with Gasteiger partial charge in [0.25, 0.3) is 0 Å². The van der Waals surface area contributed by atoms with E-state index in [1.54, 1.807) is 0 Å². The van der Waals surface area contributed by atoms with Crippen molar-refractivity contribution in [2.45, 2.75) is 46.1 Å². The van der Waals surface area contributed by atoms with E-state index in [-0.39, 0.29) is 5.91 Å². The highest BCUT2D eigenvalue weighted by molar-refractivity contribution is 9.10. The van der Waals surface area contributed by atoms with Gasteiger partial charge in [-0.25, -0.2) is 0 Å². The zero-order valence-corrected chi connectivity index (χ0v) is 14.3. The van der Waals surface area contributed by atoms with E-state index in [1.807, 2.05) is 24.3 Å². The minimum Gasteiger partial charge on any atom is -0.371 e. The first-order chi connectivity index (χ1) is 9.25. The van der Waals surface area contributed by atoms with E-state index in [0.29, 0.717) is 11.8 Å². The van der Waals surface area contributed by atoms with Crippen molar-refractivity contribution in [2.24, 2.45) is 17.6 Å². The third kappa shape index (κ3) is 4.82. The van der Waals surface area contributed by atoms with Crippen molar-refractivity contribution in [3.05, 3.63) is 28.7 Å². The van der Waals surface area contributed by atoms with Gasteiger partial charge < -0.3 is 11.1 Å². The monoisotopic (exact) mass is 340 g/mol. The molecular weight excluding hydrogens is 316 g/mol. The number of nitrogens with two attached hydrogens (primary N) is 1. The zero-order valence-electron chi connectivity index (χ0n) is 12.7. The highest BCUT2D eigenvalue weighted by Crippen LogP contribution is 2.29. The molecule has 0 saturated carbocycles. The fourth-order valence-electron chi connectivity index (χ4n) is 2.65. The molecule has 20 heavy (non-hydrogen) atoms. The molecule has 1 rings (SSSR count). The van der Waals surface area contributed by atoms with Gasteiger partial charge in [0.05, 0.1) is 0 Å². The van der Waals surface area contributed by atoms with Crippen LogP contribution in [0.4, 0.5) is 5.69 Å². The molecule has 3 N–H and O–H groups in total. The van der Waals surface area contributed by atoms with Gasteiger partial charge in [0.1, 0.15) is 5.54 Å². The van der Waals surface area contributed by atoms with E-state index in [9.17, 15) is 4.79 Å². The van der Waals surface area contributed by atoms with Crippen LogP contribution in [0, 0.1) is 11.8 Å². The standard InChI is InChI=1S/C16H25BrN2O/c1-11(2)9-16(15(18)20,10-12(3)4)19-14-7-5-13(17)6-8-14/h5-8,11-12,19H,9-10H2,1-4H3,(H2,18,20). The lowest BCUT2D eigenvalue weighted by Crippen LogP contribution is -2.52. The topological polar surface area (TPSA) is 55.1 Å². The van der Waals surface area contributed by atoms with Gasteiger partial charge in [0, 0.05) is 10.2 Å². The predicted octanol–water partition coefficient (Wildman–Crippen LogP) is 4.18. The van der Waals surface area contributed by atoms with Crippen LogP contribution in [-0.4, -0.2) is 11.4 Å². The van der Waals surface area contributed by atoms with Gasteiger partial charge >= 0.3 is 0 Å². The molecule has 1 amide bonds. The predicted molar refractivity (Wildman–Crippen MR) is 88.6 cm³/mol. The van der Waals surface area contributed by atoms with Crippen LogP contribution >= 0.6 is 15.9 Å². The van der Waals surface area contributed by atoms with Gasteiger partial charge in [-0.3, -0.25) is 4.79 Å². The average Bonchev–Trinajstić information content (AvgIpc) is 2.30. The number of primary amides is 1. The molecule has 0 heterocycles. The molecule has 112 valence electrons. The number of anilines is 1. The van der Waals surface area contributed by atoms with Gasteiger partial charge in [-0.1, -0.05) is 43.6 Å². The summed E-state index contributed by atoms with van der Waals surface area (Å²) in [6.07, 6.45) is 1.47. The van der Waals surface area contributed by atoms with E-state index >= 15 is 0 Å². The number of halogens is 1. The number of amides is 1. The number of rotatable bonds is 7. The van der Waals surface area contributed by atoms with Crippen LogP contribution in [0.2, 0.25) is 0 Å². The van der Waals surface area contributed by atoms with E-state index in [4.69, 9.17) is 5.73 Å². The summed E-state index contributed by atoms with van der Waals surface area (Å²) < 4.78 is 1.01. The molecule has 0 aliphatic carbocycles. The van der Waals surface area contributed by atoms with Crippen LogP contribution in [0.15, 0.2) is 28.7 Å². The highest BCUT2D eigenvalue weighted by atomic mass is 79.9. The van der Waals surface area contributed by atoms with Crippen molar-refractivity contribution in [3.63, 3.8) is 0 Å². The van der Waals surface area contributed by atoms with Crippen molar-refractivity contribution in [3.8, 4) is 0 Å². The second-order valence-corrected chi connectivity index (χ2v) is 7.19. The van der Waals surface area contributed by atoms with Gasteiger partial charge in [0.2, 0.25) is 5.91 Å². The van der Waals surface area contributed by atoms with Crippen molar-refractivity contribution in [2.75, 3.05) is 5.32 Å². The Morgan fingerprint density at radius 3 is 1.95 bits per heavy atom. The molecule has 0 aliphatic rings. The van der Waals surface area contributed by atoms with Crippen molar-refractivity contribution in [1.29, 1.82) is 0 Å². The minimum atomic E-state index is -0.684. The summed E-state index contributed by atoms with van der Waals surface area (Å²) >= 11 is 3.42. The Labute approximate surface area is 130 Å². The smallest absolute Gasteiger partial charge is 0.243 e. The largest absolute Gasteiger partial charge is 0.371 e. The Balaban J connectivity index is 3.06. The summed E-state index contributed by atoms with van der Waals surface area (Å²) in [4.78, 5) is 12.1. The summed E-state index contributed by atoms with van der Waals surface area (Å²) in [7, 11) is 0. The summed E-state index contributed by atoms with van der Waals surface area (Å²) in [5.41, 5.74) is 5.98. The maximum atomic E-state index is 12.1. The third-order valence-electron chi connectivity index (χ3n) is 3.21. The van der Waals surface area contributed by atoms with Crippen LogP contribution < -0.4 is 11.1 Å². The van der Waals surface area contributed by atoms with E-state index in [2.05, 4.69) is 48.9 Å². The minimum absolute atomic E-state index is 0.275. The fourth-order valence-corrected chi connectivity index (χ4v) is 2.92. The van der Waals surface area contributed by atoms with E-state index < -0.39 is 5.54 Å². The number of carbonyl (C=O) groups is 1. The lowest BCUT2D eigenvalue weighted by Gasteiger charge is -2.35. The SMILES string of the molecule is CC(C)CC(CC(C)C)(Nc1ccc(Br)cc1)C(N)=O. The first kappa shape index (κ1) is 17.0. The molecule has 0 fully saturated rings. The lowest BCUT2D eigenvalue weighted by atomic mass is 9.81. The van der Waals surface area contributed by atoms with E-state index in [0.717, 1.165) is 23.0 Å². The molecule has 0 aromatic heterocycles. The summed E-state index contributed by atoms with van der Waals surface area (Å²) in [5, 5.41) is 3.39. The molecule has 0 atom stereocenters. The molecule has 1 aromatic carbocycles. The van der Waals surface area contributed by atoms with Gasteiger partial charge in [0.15, 0.2) is 0 Å². The Kier molecular flexibility index (Phi) is 6.06. The molecule has 0 radical (unpaired) electrons. The zero-order chi connectivity index (χ0) is 15.3. The quantitative estimate of drug-likeness (QED) is 0.782. The second kappa shape index (κ2) is 7.11. The summed E-state index contributed by atoms with van der Waals surface area (Å²) in [6, 6.07) is 7.84. The Bertz CT molecular complexity index is 430. The van der Waals surface area contributed by atoms with Crippen LogP contribution in [0.25, 0.3) is 0 Å². The van der Waals surface area contributed by atoms with Crippen LogP contribution in [0.1, 0.15) is 40.5 Å². The summed E-state index contributed by atoms with van der Waals surface area (Å²) in [6.45, 7) is 8.45. The highest BCUT2D eigenvalue weighted by Gasteiger charge is 2.37. The molecule has 0 unspecified atom stereocenters. The van der Waals surface area contributed by atoms with Crippen molar-refractivity contribution >= 4 is 27.5 Å². The first-order valence-electron chi connectivity index (χ1n) is 7.09. The van der Waals surface area contributed by atoms with Crippen LogP contribution in [0.5, 0.6) is 0 Å². The third-order valence-corrected chi connectivity index (χ3v) is 3.74. The molecule has 0 saturated heterocycles. The fraction of sp³-hybridized carbons (Fsp3) is 0.562. The van der Waals surface area contributed by atoms with Gasteiger partial charge in [-0.2, -0.15) is 0 Å². The Hall–Kier alpha value is -1.03. The molecule has 1 aromatic rings. The van der Waals surface area contributed by atoms with Gasteiger partial charge in [-0.15, -0.1) is 0 Å². The molecular formula is C16H25BrN2O. The number of nitrogens with one attached hydrogen (secondary N) is 1. The second-order valence-electron chi connectivity index (χ2n) is 6.27. The number of hydrogen-bond acceptors (Lipinski definition) is 2. The maximum Gasteiger partial charge on any atom is 0.243 e. The van der Waals surface area contributed by atoms with Gasteiger partial charge in [-0.05, 0) is 48.9 Å². The molecule has 0 spiro atoms. The maximum absolute atomic E-state index is 12.1. The first-order valence-corrected chi connectivity index (χ1v) is 7.88. The van der Waals surface area contributed by atoms with Crippen LogP contribution in [-0.2, 0) is 4.79 Å². The normalized spacial score (nSPS) is 11.9. The Morgan fingerprint density at radius 2 is 1.60 bits per heavy atom. The van der Waals surface area contributed by atoms with Crippen molar-refractivity contribution in [1.82, 2.24) is 0 Å². The van der Waals surface area contributed by atoms with Crippen LogP contribution in [0.3, 0.4) is 0 Å². The molecule has 0 aliphatic heterocycles. The molecule has 4 heteroatoms. The molecule has 3 nitrogen and oxygen atoms in total. The average molecular weight is 341 g/mol. The summed E-state index contributed by atoms with van der Waals surface area (Å²) in [5.74, 6) is 0.510. The number of benzene rings is 1. The molecule has 0 bridgehead atoms. The Morgan fingerprint density at radius 1 is 1.15 bits per heavy atom. The lowest BCUT2D eigenvalue weighted by molar-refractivity contribution is -0.123.